The van der Waals surface area contributed by atoms with Crippen molar-refractivity contribution in [2.75, 3.05) is 0 Å². The molecule has 5 nitrogen and oxygen atoms in total. The van der Waals surface area contributed by atoms with Gasteiger partial charge >= 0.3 is 5.97 Å². The van der Waals surface area contributed by atoms with Crippen molar-refractivity contribution in [3.05, 3.63) is 120 Å². The van der Waals surface area contributed by atoms with Gasteiger partial charge in [-0.3, -0.25) is 9.78 Å². The van der Waals surface area contributed by atoms with Gasteiger partial charge in [-0.25, -0.2) is 4.39 Å². The van der Waals surface area contributed by atoms with E-state index < -0.39 is 18.2 Å². The van der Waals surface area contributed by atoms with Crippen LogP contribution in [-0.4, -0.2) is 39.5 Å². The number of ether oxygens (including phenoxy) is 1. The number of aliphatic hydroxyl groups excluding tert-OH is 2. The van der Waals surface area contributed by atoms with E-state index in [1.54, 1.807) is 18.2 Å². The first-order chi connectivity index (χ1) is 24.5. The third-order valence-corrected chi connectivity index (χ3v) is 12.7. The summed E-state index contributed by atoms with van der Waals surface area (Å²) in [5.41, 5.74) is 5.69. The molecule has 1 heterocycles. The predicted octanol–water partition coefficient (Wildman–Crippen LogP) is 9.74. The van der Waals surface area contributed by atoms with Crippen LogP contribution in [-0.2, 0) is 9.53 Å². The average Bonchev–Trinajstić information content (AvgIpc) is 3.91. The first-order valence-electron chi connectivity index (χ1n) is 18.4. The van der Waals surface area contributed by atoms with Crippen LogP contribution in [0.3, 0.4) is 0 Å². The molecule has 6 atom stereocenters. The number of esters is 1. The Bertz CT molecular complexity index is 2130. The normalized spacial score (nSPS) is 25.1. The van der Waals surface area contributed by atoms with E-state index in [4.69, 9.17) is 9.72 Å². The molecule has 8 rings (SSSR count). The minimum absolute atomic E-state index is 0.0126. The third kappa shape index (κ3) is 5.96. The van der Waals surface area contributed by atoms with Gasteiger partial charge in [-0.2, -0.15) is 0 Å². The number of fused-ring (bicyclic) bond motifs is 4. The number of aliphatic hydroxyl groups is 2. The second kappa shape index (κ2) is 13.0. The number of hydrogen-bond donors (Lipinski definition) is 2. The van der Waals surface area contributed by atoms with E-state index in [0.29, 0.717) is 5.92 Å². The molecule has 0 spiro atoms. The van der Waals surface area contributed by atoms with Crippen molar-refractivity contribution >= 4 is 33.7 Å². The summed E-state index contributed by atoms with van der Waals surface area (Å²) in [6.45, 7) is 6.98. The Hall–Kier alpha value is -4.39. The standard InChI is InChI=1S/C45H46FNO4/c1-44(2)37-23-24-45(44,3)41(34-13-8-10-27-9-4-5-11-33(27)34)43(37)51-39(50)26-32(49)25-31(48)21-22-36-40(28-17-19-30(46)20-18-28)35-12-6-7-14-38(35)47-42(36)29-15-16-29/h4-14,17-22,29,31-32,37,41,43,48-49H,15-16,23-26H2,1-3H3/b22-21+/t31-,32-,37-,41-,43-,45-/m1/s1. The molecule has 2 bridgehead atoms. The number of para-hydroxylation sites is 1. The maximum Gasteiger partial charge on any atom is 0.308 e. The number of hydrogen-bond acceptors (Lipinski definition) is 5. The molecule has 0 saturated heterocycles. The zero-order valence-corrected chi connectivity index (χ0v) is 29.6. The average molecular weight is 684 g/mol. The minimum atomic E-state index is -1.08. The van der Waals surface area contributed by atoms with Crippen molar-refractivity contribution in [2.24, 2.45) is 16.7 Å². The lowest BCUT2D eigenvalue weighted by atomic mass is 9.64. The molecule has 3 fully saturated rings. The Labute approximate surface area is 299 Å². The Balaban J connectivity index is 1.01. The fourth-order valence-corrected chi connectivity index (χ4v) is 9.53. The Morgan fingerprint density at radius 3 is 2.39 bits per heavy atom. The SMILES string of the molecule is CC1(C)[C@@H]2CC[C@]1(C)[C@H](c1cccc3ccccc13)[C@@H]2OC(=O)C[C@H](O)C[C@H](O)/C=C/c1c(C2CC2)nc2ccccc2c1-c1ccc(F)cc1. The van der Waals surface area contributed by atoms with Crippen molar-refractivity contribution in [1.82, 2.24) is 4.98 Å². The van der Waals surface area contributed by atoms with Crippen LogP contribution in [0.2, 0.25) is 0 Å². The van der Waals surface area contributed by atoms with Gasteiger partial charge in [0.15, 0.2) is 0 Å². The number of pyridine rings is 1. The minimum Gasteiger partial charge on any atom is -0.461 e. The van der Waals surface area contributed by atoms with Crippen molar-refractivity contribution < 1.29 is 24.1 Å². The summed E-state index contributed by atoms with van der Waals surface area (Å²) >= 11 is 0. The summed E-state index contributed by atoms with van der Waals surface area (Å²) in [5, 5.41) is 25.5. The molecule has 5 aromatic rings. The van der Waals surface area contributed by atoms with E-state index in [9.17, 15) is 19.4 Å². The van der Waals surface area contributed by atoms with Crippen molar-refractivity contribution in [3.8, 4) is 11.1 Å². The molecule has 1 aromatic heterocycles. The van der Waals surface area contributed by atoms with Gasteiger partial charge in [-0.1, -0.05) is 106 Å². The lowest BCUT2D eigenvalue weighted by Crippen LogP contribution is -2.36. The lowest BCUT2D eigenvalue weighted by Gasteiger charge is -2.40. The van der Waals surface area contributed by atoms with Gasteiger partial charge in [-0.05, 0) is 76.6 Å². The number of rotatable bonds is 10. The van der Waals surface area contributed by atoms with Gasteiger partial charge in [0.25, 0.3) is 0 Å². The smallest absolute Gasteiger partial charge is 0.308 e. The molecule has 3 aliphatic carbocycles. The summed E-state index contributed by atoms with van der Waals surface area (Å²) in [7, 11) is 0. The highest BCUT2D eigenvalue weighted by Gasteiger charge is 2.67. The first kappa shape index (κ1) is 33.7. The van der Waals surface area contributed by atoms with Crippen molar-refractivity contribution in [3.63, 3.8) is 0 Å². The fourth-order valence-electron chi connectivity index (χ4n) is 9.53. The van der Waals surface area contributed by atoms with Crippen molar-refractivity contribution in [1.29, 1.82) is 0 Å². The topological polar surface area (TPSA) is 79.7 Å². The van der Waals surface area contributed by atoms with Gasteiger partial charge in [0.05, 0.1) is 29.8 Å². The van der Waals surface area contributed by atoms with E-state index in [2.05, 4.69) is 63.2 Å². The Morgan fingerprint density at radius 2 is 1.63 bits per heavy atom. The largest absolute Gasteiger partial charge is 0.461 e. The molecule has 0 amide bonds. The molecule has 262 valence electrons. The molecule has 0 radical (unpaired) electrons. The van der Waals surface area contributed by atoms with Gasteiger partial charge in [0, 0.05) is 40.7 Å². The second-order valence-electron chi connectivity index (χ2n) is 15.9. The molecule has 6 heteroatoms. The summed E-state index contributed by atoms with van der Waals surface area (Å²) in [5.74, 6) is -0.163. The van der Waals surface area contributed by atoms with Crippen LogP contribution in [0, 0.1) is 22.6 Å². The lowest BCUT2D eigenvalue weighted by molar-refractivity contribution is -0.156. The van der Waals surface area contributed by atoms with Crippen LogP contribution >= 0.6 is 0 Å². The van der Waals surface area contributed by atoms with Crippen LogP contribution in [0.4, 0.5) is 4.39 Å². The number of nitrogens with zero attached hydrogens (tertiary/aromatic N) is 1. The molecule has 2 N–H and O–H groups in total. The number of aromatic nitrogens is 1. The summed E-state index contributed by atoms with van der Waals surface area (Å²) < 4.78 is 20.3. The fraction of sp³-hybridized carbons (Fsp3) is 0.378. The number of benzene rings is 4. The highest BCUT2D eigenvalue weighted by Crippen LogP contribution is 2.72. The number of carbonyl (C=O) groups is 1. The zero-order valence-electron chi connectivity index (χ0n) is 29.6. The molecular formula is C45H46FNO4. The summed E-state index contributed by atoms with van der Waals surface area (Å²) in [4.78, 5) is 18.6. The molecule has 4 aromatic carbocycles. The highest BCUT2D eigenvalue weighted by molar-refractivity contribution is 5.99. The van der Waals surface area contributed by atoms with Crippen LogP contribution in [0.25, 0.3) is 38.9 Å². The Morgan fingerprint density at radius 1 is 0.922 bits per heavy atom. The van der Waals surface area contributed by atoms with Crippen LogP contribution in [0.15, 0.2) is 97.1 Å². The molecule has 3 saturated carbocycles. The third-order valence-electron chi connectivity index (χ3n) is 12.7. The Kier molecular flexibility index (Phi) is 8.59. The summed E-state index contributed by atoms with van der Waals surface area (Å²) in [6, 6.07) is 29.2. The van der Waals surface area contributed by atoms with E-state index >= 15 is 0 Å². The maximum absolute atomic E-state index is 13.9. The molecule has 0 unspecified atom stereocenters. The molecule has 51 heavy (non-hydrogen) atoms. The zero-order chi connectivity index (χ0) is 35.5. The van der Waals surface area contributed by atoms with E-state index in [-0.39, 0.29) is 47.4 Å². The maximum atomic E-state index is 13.9. The van der Waals surface area contributed by atoms with Gasteiger partial charge in [0.1, 0.15) is 11.9 Å². The quantitative estimate of drug-likeness (QED) is 0.143. The van der Waals surface area contributed by atoms with E-state index in [1.807, 2.05) is 30.3 Å². The van der Waals surface area contributed by atoms with Crippen LogP contribution < -0.4 is 0 Å². The monoisotopic (exact) mass is 683 g/mol. The molecule has 0 aliphatic heterocycles. The van der Waals surface area contributed by atoms with Crippen LogP contribution in [0.5, 0.6) is 0 Å². The molecule has 3 aliphatic rings. The second-order valence-corrected chi connectivity index (χ2v) is 15.9. The first-order valence-corrected chi connectivity index (χ1v) is 18.4. The van der Waals surface area contributed by atoms with Gasteiger partial charge < -0.3 is 14.9 Å². The van der Waals surface area contributed by atoms with E-state index in [0.717, 1.165) is 59.0 Å². The molecular weight excluding hydrogens is 637 g/mol. The number of carbonyl (C=O) groups excluding carboxylic acids is 1. The van der Waals surface area contributed by atoms with Gasteiger partial charge in [0.2, 0.25) is 0 Å². The van der Waals surface area contributed by atoms with Gasteiger partial charge in [-0.15, -0.1) is 0 Å². The number of halogens is 1. The van der Waals surface area contributed by atoms with E-state index in [1.165, 1.54) is 28.5 Å². The summed E-state index contributed by atoms with van der Waals surface area (Å²) in [6.07, 6.45) is 5.13. The predicted molar refractivity (Wildman–Crippen MR) is 201 cm³/mol. The highest BCUT2D eigenvalue weighted by atomic mass is 19.1. The van der Waals surface area contributed by atoms with Crippen molar-refractivity contribution in [2.45, 2.75) is 89.4 Å². The van der Waals surface area contributed by atoms with Crippen LogP contribution in [0.1, 0.15) is 88.0 Å².